The van der Waals surface area contributed by atoms with Gasteiger partial charge in [-0.05, 0) is 18.2 Å². The summed E-state index contributed by atoms with van der Waals surface area (Å²) in [6.07, 6.45) is 1.48. The standard InChI is InChI=1S/C9H6N2O3.Cu/c12-8-4-3-7(11(13)14)6-2-1-5-10-9(6)8;/h1-5,12H;/q;+2. The number of phenols is 1. The summed E-state index contributed by atoms with van der Waals surface area (Å²) in [5.41, 5.74) is 0.201. The molecule has 0 saturated carbocycles. The van der Waals surface area contributed by atoms with Gasteiger partial charge in [0.15, 0.2) is 0 Å². The van der Waals surface area contributed by atoms with Crippen molar-refractivity contribution >= 4 is 16.6 Å². The van der Waals surface area contributed by atoms with E-state index in [1.807, 2.05) is 0 Å². The number of fused-ring (bicyclic) bond motifs is 1. The average Bonchev–Trinajstić information content (AvgIpc) is 2.18. The third kappa shape index (κ3) is 1.91. The van der Waals surface area contributed by atoms with Crippen molar-refractivity contribution in [1.29, 1.82) is 0 Å². The first kappa shape index (κ1) is 11.4. The van der Waals surface area contributed by atoms with Crippen LogP contribution in [0, 0.1) is 10.1 Å². The molecule has 2 rings (SSSR count). The maximum atomic E-state index is 10.6. The predicted octanol–water partition coefficient (Wildman–Crippen LogP) is 1.85. The molecule has 5 nitrogen and oxygen atoms in total. The minimum absolute atomic E-state index is 0. The molecule has 0 aliphatic heterocycles. The Morgan fingerprint density at radius 2 is 2.07 bits per heavy atom. The fraction of sp³-hybridized carbons (Fsp3) is 0. The van der Waals surface area contributed by atoms with Gasteiger partial charge in [0.2, 0.25) is 0 Å². The second kappa shape index (κ2) is 4.25. The van der Waals surface area contributed by atoms with Gasteiger partial charge >= 0.3 is 17.1 Å². The molecule has 1 heterocycles. The molecule has 0 aliphatic carbocycles. The Bertz CT molecular complexity index is 516. The number of non-ortho nitro benzene ring substituents is 1. The summed E-state index contributed by atoms with van der Waals surface area (Å²) in [6.45, 7) is 0. The Hall–Kier alpha value is -1.65. The van der Waals surface area contributed by atoms with Crippen LogP contribution in [0.5, 0.6) is 5.75 Å². The molecular formula is C9H6CuN2O3+2. The van der Waals surface area contributed by atoms with E-state index in [1.54, 1.807) is 12.1 Å². The van der Waals surface area contributed by atoms with Crippen molar-refractivity contribution in [1.82, 2.24) is 4.98 Å². The maximum Gasteiger partial charge on any atom is 2.00 e. The zero-order chi connectivity index (χ0) is 10.1. The largest absolute Gasteiger partial charge is 2.00 e. The second-order valence-electron chi connectivity index (χ2n) is 2.76. The van der Waals surface area contributed by atoms with Crippen molar-refractivity contribution in [3.63, 3.8) is 0 Å². The molecule has 0 amide bonds. The number of nitrogens with zero attached hydrogens (tertiary/aromatic N) is 2. The molecule has 0 spiro atoms. The number of aromatic nitrogens is 1. The Labute approximate surface area is 95.4 Å². The molecule has 0 bridgehead atoms. The molecule has 1 aromatic heterocycles. The topological polar surface area (TPSA) is 76.3 Å². The van der Waals surface area contributed by atoms with Crippen molar-refractivity contribution in [2.75, 3.05) is 0 Å². The molecule has 6 heteroatoms. The van der Waals surface area contributed by atoms with Gasteiger partial charge in [-0.2, -0.15) is 0 Å². The summed E-state index contributed by atoms with van der Waals surface area (Å²) in [5.74, 6) is -0.0498. The average molecular weight is 254 g/mol. The van der Waals surface area contributed by atoms with Crippen LogP contribution < -0.4 is 0 Å². The normalized spacial score (nSPS) is 9.60. The van der Waals surface area contributed by atoms with Gasteiger partial charge < -0.3 is 5.11 Å². The molecule has 2 aromatic rings. The number of hydrogen-bond donors (Lipinski definition) is 1. The molecule has 0 unspecified atom stereocenters. The van der Waals surface area contributed by atoms with E-state index in [1.165, 1.54) is 18.3 Å². The zero-order valence-corrected chi connectivity index (χ0v) is 8.29. The Balaban J connectivity index is 0.00000112. The number of rotatable bonds is 1. The minimum atomic E-state index is -0.497. The number of hydrogen-bond acceptors (Lipinski definition) is 4. The van der Waals surface area contributed by atoms with Crippen molar-refractivity contribution in [3.05, 3.63) is 40.6 Å². The van der Waals surface area contributed by atoms with Gasteiger partial charge in [0, 0.05) is 12.3 Å². The third-order valence-corrected chi connectivity index (χ3v) is 1.92. The van der Waals surface area contributed by atoms with Gasteiger partial charge in [-0.1, -0.05) is 0 Å². The Kier molecular flexibility index (Phi) is 3.24. The Morgan fingerprint density at radius 1 is 1.33 bits per heavy atom. The van der Waals surface area contributed by atoms with Crippen LogP contribution in [0.3, 0.4) is 0 Å². The van der Waals surface area contributed by atoms with Crippen LogP contribution in [-0.4, -0.2) is 15.0 Å². The molecule has 0 saturated heterocycles. The van der Waals surface area contributed by atoms with Crippen LogP contribution in [-0.2, 0) is 17.1 Å². The van der Waals surface area contributed by atoms with Crippen molar-refractivity contribution in [2.24, 2.45) is 0 Å². The second-order valence-corrected chi connectivity index (χ2v) is 2.76. The van der Waals surface area contributed by atoms with Gasteiger partial charge in [-0.25, -0.2) is 0 Å². The fourth-order valence-corrected chi connectivity index (χ4v) is 1.30. The summed E-state index contributed by atoms with van der Waals surface area (Å²) in [7, 11) is 0. The van der Waals surface area contributed by atoms with Crippen molar-refractivity contribution in [2.45, 2.75) is 0 Å². The zero-order valence-electron chi connectivity index (χ0n) is 7.35. The minimum Gasteiger partial charge on any atom is -0.506 e. The van der Waals surface area contributed by atoms with Crippen LogP contribution >= 0.6 is 0 Å². The van der Waals surface area contributed by atoms with E-state index in [9.17, 15) is 15.2 Å². The number of aromatic hydroxyl groups is 1. The quantitative estimate of drug-likeness (QED) is 0.478. The number of benzene rings is 1. The molecule has 0 aliphatic rings. The number of phenolic OH excluding ortho intramolecular Hbond substituents is 1. The van der Waals surface area contributed by atoms with Crippen LogP contribution in [0.15, 0.2) is 30.5 Å². The van der Waals surface area contributed by atoms with Crippen LogP contribution in [0.2, 0.25) is 0 Å². The Morgan fingerprint density at radius 3 is 2.73 bits per heavy atom. The molecule has 1 N–H and O–H groups in total. The number of nitro groups is 1. The van der Waals surface area contributed by atoms with Gasteiger partial charge in [0.05, 0.1) is 10.3 Å². The van der Waals surface area contributed by atoms with Crippen LogP contribution in [0.4, 0.5) is 5.69 Å². The summed E-state index contributed by atoms with van der Waals surface area (Å²) >= 11 is 0. The SMILES string of the molecule is O=[N+]([O-])c1ccc(O)c2ncccc12.[Cu+2]. The molecule has 0 atom stereocenters. The van der Waals surface area contributed by atoms with E-state index in [2.05, 4.69) is 4.98 Å². The maximum absolute atomic E-state index is 10.6. The van der Waals surface area contributed by atoms with Crippen LogP contribution in [0.1, 0.15) is 0 Å². The first-order valence-corrected chi connectivity index (χ1v) is 3.91. The van der Waals surface area contributed by atoms with E-state index in [0.29, 0.717) is 5.39 Å². The van der Waals surface area contributed by atoms with Crippen molar-refractivity contribution in [3.8, 4) is 5.75 Å². The summed E-state index contributed by atoms with van der Waals surface area (Å²) in [6, 6.07) is 5.68. The smallest absolute Gasteiger partial charge is 0.506 e. The summed E-state index contributed by atoms with van der Waals surface area (Å²) < 4.78 is 0. The van der Waals surface area contributed by atoms with Crippen LogP contribution in [0.25, 0.3) is 10.9 Å². The number of nitro benzene ring substituents is 1. The van der Waals surface area contributed by atoms with Gasteiger partial charge in [-0.15, -0.1) is 0 Å². The molecule has 1 radical (unpaired) electrons. The molecule has 79 valence electrons. The fourth-order valence-electron chi connectivity index (χ4n) is 1.30. The molecular weight excluding hydrogens is 248 g/mol. The van der Waals surface area contributed by atoms with E-state index in [-0.39, 0.29) is 34.0 Å². The van der Waals surface area contributed by atoms with Crippen molar-refractivity contribution < 1.29 is 27.1 Å². The first-order chi connectivity index (χ1) is 6.70. The van der Waals surface area contributed by atoms with E-state index in [0.717, 1.165) is 0 Å². The summed E-state index contributed by atoms with van der Waals surface area (Å²) in [4.78, 5) is 14.0. The molecule has 1 aromatic carbocycles. The number of pyridine rings is 1. The van der Waals surface area contributed by atoms with E-state index in [4.69, 9.17) is 0 Å². The summed E-state index contributed by atoms with van der Waals surface area (Å²) in [5, 5.41) is 20.4. The van der Waals surface area contributed by atoms with Gasteiger partial charge in [0.25, 0.3) is 5.69 Å². The monoisotopic (exact) mass is 253 g/mol. The van der Waals surface area contributed by atoms with Gasteiger partial charge in [0.1, 0.15) is 11.3 Å². The molecule has 15 heavy (non-hydrogen) atoms. The van der Waals surface area contributed by atoms with E-state index < -0.39 is 4.92 Å². The first-order valence-electron chi connectivity index (χ1n) is 3.91. The molecule has 0 fully saturated rings. The predicted molar refractivity (Wildman–Crippen MR) is 50.1 cm³/mol. The third-order valence-electron chi connectivity index (χ3n) is 1.92. The van der Waals surface area contributed by atoms with Gasteiger partial charge in [-0.3, -0.25) is 15.1 Å². The van der Waals surface area contributed by atoms with E-state index >= 15 is 0 Å².